The summed E-state index contributed by atoms with van der Waals surface area (Å²) in [5.74, 6) is 0.0330. The van der Waals surface area contributed by atoms with Gasteiger partial charge in [-0.3, -0.25) is 0 Å². The SMILES string of the molecule is O=C(O)COc1ccc(SC/C=C(/c2ccccc2)c2ccc(F)cc2)cc1I. The molecule has 0 aliphatic heterocycles. The van der Waals surface area contributed by atoms with Crippen LogP contribution >= 0.6 is 34.4 Å². The van der Waals surface area contributed by atoms with Gasteiger partial charge in [0.05, 0.1) is 3.57 Å². The van der Waals surface area contributed by atoms with Crippen LogP contribution in [0.2, 0.25) is 0 Å². The van der Waals surface area contributed by atoms with Crippen molar-refractivity contribution in [2.75, 3.05) is 12.4 Å². The van der Waals surface area contributed by atoms with Crippen LogP contribution in [-0.2, 0) is 4.79 Å². The molecule has 0 aliphatic carbocycles. The lowest BCUT2D eigenvalue weighted by Gasteiger charge is -2.10. The Morgan fingerprint density at radius 3 is 2.38 bits per heavy atom. The first-order chi connectivity index (χ1) is 14.0. The van der Waals surface area contributed by atoms with E-state index < -0.39 is 5.97 Å². The standard InChI is InChI=1S/C23H18FIO3S/c24-18-8-6-17(7-9-18)20(16-4-2-1-3-5-16)12-13-29-19-10-11-22(21(25)14-19)28-15-23(26)27/h1-12,14H,13,15H2,(H,26,27)/b20-12-. The molecule has 0 aromatic heterocycles. The minimum atomic E-state index is -1.00. The number of carboxylic acid groups (broad SMARTS) is 1. The van der Waals surface area contributed by atoms with Crippen molar-refractivity contribution in [3.05, 3.63) is 99.4 Å². The van der Waals surface area contributed by atoms with Crippen LogP contribution in [0.1, 0.15) is 11.1 Å². The van der Waals surface area contributed by atoms with Crippen molar-refractivity contribution in [3.8, 4) is 5.75 Å². The molecule has 29 heavy (non-hydrogen) atoms. The fourth-order valence-electron chi connectivity index (χ4n) is 2.70. The summed E-state index contributed by atoms with van der Waals surface area (Å²) in [6.45, 7) is -0.358. The molecule has 3 aromatic rings. The van der Waals surface area contributed by atoms with Gasteiger partial charge in [0.2, 0.25) is 0 Å². The quantitative estimate of drug-likeness (QED) is 0.287. The van der Waals surface area contributed by atoms with Crippen molar-refractivity contribution in [3.63, 3.8) is 0 Å². The molecular weight excluding hydrogens is 502 g/mol. The van der Waals surface area contributed by atoms with E-state index in [0.717, 1.165) is 30.9 Å². The summed E-state index contributed by atoms with van der Waals surface area (Å²) in [5, 5.41) is 8.73. The molecule has 0 aliphatic rings. The third kappa shape index (κ3) is 6.33. The highest BCUT2D eigenvalue weighted by Gasteiger charge is 2.07. The van der Waals surface area contributed by atoms with Crippen LogP contribution in [0.3, 0.4) is 0 Å². The number of thioether (sulfide) groups is 1. The molecule has 0 spiro atoms. The second-order valence-corrected chi connectivity index (χ2v) is 8.33. The molecule has 3 rings (SSSR count). The molecule has 0 radical (unpaired) electrons. The van der Waals surface area contributed by atoms with E-state index in [4.69, 9.17) is 9.84 Å². The molecule has 0 heterocycles. The van der Waals surface area contributed by atoms with Gasteiger partial charge in [0.15, 0.2) is 6.61 Å². The lowest BCUT2D eigenvalue weighted by atomic mass is 9.98. The molecule has 0 amide bonds. The van der Waals surface area contributed by atoms with Crippen LogP contribution in [0.4, 0.5) is 4.39 Å². The lowest BCUT2D eigenvalue weighted by molar-refractivity contribution is -0.139. The fraction of sp³-hybridized carbons (Fsp3) is 0.0870. The van der Waals surface area contributed by atoms with Gasteiger partial charge >= 0.3 is 5.97 Å². The number of carbonyl (C=O) groups is 1. The predicted molar refractivity (Wildman–Crippen MR) is 123 cm³/mol. The van der Waals surface area contributed by atoms with E-state index in [9.17, 15) is 9.18 Å². The van der Waals surface area contributed by atoms with E-state index in [-0.39, 0.29) is 12.4 Å². The van der Waals surface area contributed by atoms with Gasteiger partial charge in [0.25, 0.3) is 0 Å². The van der Waals surface area contributed by atoms with E-state index in [1.54, 1.807) is 30.0 Å². The van der Waals surface area contributed by atoms with Crippen LogP contribution in [0.5, 0.6) is 5.75 Å². The second kappa shape index (κ2) is 10.5. The Balaban J connectivity index is 1.75. The normalized spacial score (nSPS) is 11.3. The summed E-state index contributed by atoms with van der Waals surface area (Å²) in [4.78, 5) is 11.7. The second-order valence-electron chi connectivity index (χ2n) is 6.08. The molecule has 0 atom stereocenters. The van der Waals surface area contributed by atoms with Crippen molar-refractivity contribution in [2.45, 2.75) is 4.90 Å². The van der Waals surface area contributed by atoms with Crippen LogP contribution in [0.15, 0.2) is 83.8 Å². The molecule has 1 N–H and O–H groups in total. The van der Waals surface area contributed by atoms with E-state index in [1.807, 2.05) is 42.5 Å². The molecular formula is C23H18FIO3S. The molecule has 3 aromatic carbocycles. The van der Waals surface area contributed by atoms with Crippen molar-refractivity contribution < 1.29 is 19.0 Å². The Morgan fingerprint density at radius 1 is 1.03 bits per heavy atom. The fourth-order valence-corrected chi connectivity index (χ4v) is 4.39. The van der Waals surface area contributed by atoms with Crippen molar-refractivity contribution in [2.24, 2.45) is 0 Å². The first-order valence-corrected chi connectivity index (χ1v) is 10.9. The number of ether oxygens (including phenoxy) is 1. The average Bonchev–Trinajstić information content (AvgIpc) is 2.72. The molecule has 6 heteroatoms. The van der Waals surface area contributed by atoms with Crippen molar-refractivity contribution in [1.82, 2.24) is 0 Å². The molecule has 0 saturated heterocycles. The Kier molecular flexibility index (Phi) is 7.71. The summed E-state index contributed by atoms with van der Waals surface area (Å²) in [7, 11) is 0. The number of hydrogen-bond donors (Lipinski definition) is 1. The van der Waals surface area contributed by atoms with Gasteiger partial charge in [-0.25, -0.2) is 9.18 Å². The zero-order valence-electron chi connectivity index (χ0n) is 15.3. The van der Waals surface area contributed by atoms with Gasteiger partial charge in [-0.15, -0.1) is 11.8 Å². The zero-order chi connectivity index (χ0) is 20.6. The monoisotopic (exact) mass is 520 g/mol. The summed E-state index contributed by atoms with van der Waals surface area (Å²) >= 11 is 3.80. The molecule has 0 bridgehead atoms. The average molecular weight is 520 g/mol. The van der Waals surface area contributed by atoms with Crippen LogP contribution < -0.4 is 4.74 Å². The van der Waals surface area contributed by atoms with Gasteiger partial charge < -0.3 is 9.84 Å². The Labute approximate surface area is 186 Å². The van der Waals surface area contributed by atoms with Gasteiger partial charge in [-0.2, -0.15) is 0 Å². The third-order valence-corrected chi connectivity index (χ3v) is 5.80. The highest BCUT2D eigenvalue weighted by atomic mass is 127. The number of hydrogen-bond acceptors (Lipinski definition) is 3. The molecule has 148 valence electrons. The lowest BCUT2D eigenvalue weighted by Crippen LogP contribution is -2.10. The summed E-state index contributed by atoms with van der Waals surface area (Å²) in [5.41, 5.74) is 3.09. The smallest absolute Gasteiger partial charge is 0.341 e. The maximum Gasteiger partial charge on any atom is 0.341 e. The number of halogens is 2. The topological polar surface area (TPSA) is 46.5 Å². The van der Waals surface area contributed by atoms with Crippen LogP contribution in [-0.4, -0.2) is 23.4 Å². The molecule has 0 fully saturated rings. The Hall–Kier alpha value is -2.32. The number of benzene rings is 3. The summed E-state index contributed by atoms with van der Waals surface area (Å²) in [6, 6.07) is 22.2. The Morgan fingerprint density at radius 2 is 1.72 bits per heavy atom. The number of carboxylic acids is 1. The van der Waals surface area contributed by atoms with Gasteiger partial charge in [0, 0.05) is 10.6 Å². The molecule has 3 nitrogen and oxygen atoms in total. The van der Waals surface area contributed by atoms with Crippen LogP contribution in [0, 0.1) is 9.39 Å². The van der Waals surface area contributed by atoms with Crippen molar-refractivity contribution in [1.29, 1.82) is 0 Å². The third-order valence-electron chi connectivity index (χ3n) is 4.03. The van der Waals surface area contributed by atoms with E-state index >= 15 is 0 Å². The van der Waals surface area contributed by atoms with E-state index in [0.29, 0.717) is 5.75 Å². The molecule has 0 saturated carbocycles. The van der Waals surface area contributed by atoms with E-state index in [1.165, 1.54) is 12.1 Å². The summed E-state index contributed by atoms with van der Waals surface area (Å²) < 4.78 is 19.5. The van der Waals surface area contributed by atoms with E-state index in [2.05, 4.69) is 28.7 Å². The molecule has 0 unspecified atom stereocenters. The van der Waals surface area contributed by atoms with Gasteiger partial charge in [0.1, 0.15) is 11.6 Å². The Bertz CT molecular complexity index is 1000. The first-order valence-electron chi connectivity index (χ1n) is 8.81. The van der Waals surface area contributed by atoms with Gasteiger partial charge in [-0.1, -0.05) is 48.5 Å². The summed E-state index contributed by atoms with van der Waals surface area (Å²) in [6.07, 6.45) is 2.13. The van der Waals surface area contributed by atoms with Crippen molar-refractivity contribution >= 4 is 45.9 Å². The highest BCUT2D eigenvalue weighted by Crippen LogP contribution is 2.29. The maximum atomic E-state index is 13.3. The largest absolute Gasteiger partial charge is 0.481 e. The number of aliphatic carboxylic acids is 1. The van der Waals surface area contributed by atoms with Crippen LogP contribution in [0.25, 0.3) is 5.57 Å². The predicted octanol–water partition coefficient (Wildman–Crippen LogP) is 6.12. The first kappa shape index (κ1) is 21.4. The number of rotatable bonds is 8. The minimum absolute atomic E-state index is 0.254. The highest BCUT2D eigenvalue weighted by molar-refractivity contribution is 14.1. The van der Waals surface area contributed by atoms with Gasteiger partial charge in [-0.05, 0) is 69.6 Å². The maximum absolute atomic E-state index is 13.3. The minimum Gasteiger partial charge on any atom is -0.481 e. The zero-order valence-corrected chi connectivity index (χ0v) is 18.3.